The Bertz CT molecular complexity index is 333. The third kappa shape index (κ3) is 1.01. The Hall–Kier alpha value is -0.960. The minimum Gasteiger partial charge on any atom is -0.257 e. The molecule has 0 aromatic carbocycles. The molecule has 0 amide bonds. The summed E-state index contributed by atoms with van der Waals surface area (Å²) in [4.78, 5) is 12.2. The van der Waals surface area contributed by atoms with Gasteiger partial charge in [0.25, 0.3) is 0 Å². The molecule has 0 bridgehead atoms. The zero-order valence-corrected chi connectivity index (χ0v) is 6.76. The van der Waals surface area contributed by atoms with Gasteiger partial charge < -0.3 is 0 Å². The largest absolute Gasteiger partial charge is 0.257 e. The van der Waals surface area contributed by atoms with Crippen LogP contribution in [0, 0.1) is 6.92 Å². The van der Waals surface area contributed by atoms with Gasteiger partial charge in [-0.1, -0.05) is 0 Å². The molecule has 3 nitrogen and oxygen atoms in total. The van der Waals surface area contributed by atoms with Crippen LogP contribution >= 0.6 is 11.6 Å². The number of fused-ring (bicyclic) bond motifs is 1. The average molecular weight is 168 g/mol. The van der Waals surface area contributed by atoms with Gasteiger partial charge in [-0.3, -0.25) is 4.99 Å². The molecular formula is C7H6ClN3. The number of aliphatic imine (C=N–C) groups is 1. The lowest BCUT2D eigenvalue weighted by Gasteiger charge is -1.99. The predicted octanol–water partition coefficient (Wildman–Crippen LogP) is 1.70. The number of hydrogen-bond acceptors (Lipinski definition) is 3. The van der Waals surface area contributed by atoms with Crippen LogP contribution in [0.2, 0.25) is 5.28 Å². The summed E-state index contributed by atoms with van der Waals surface area (Å²) >= 11 is 5.65. The summed E-state index contributed by atoms with van der Waals surface area (Å²) in [5.41, 5.74) is 2.67. The molecule has 2 heterocycles. The van der Waals surface area contributed by atoms with Crippen molar-refractivity contribution in [1.29, 1.82) is 0 Å². The van der Waals surface area contributed by atoms with E-state index in [0.717, 1.165) is 23.5 Å². The Labute approximate surface area is 69.2 Å². The first-order valence-corrected chi connectivity index (χ1v) is 3.70. The van der Waals surface area contributed by atoms with Crippen molar-refractivity contribution in [1.82, 2.24) is 9.97 Å². The first-order valence-electron chi connectivity index (χ1n) is 3.33. The van der Waals surface area contributed by atoms with Gasteiger partial charge in [-0.25, -0.2) is 9.97 Å². The van der Waals surface area contributed by atoms with E-state index in [9.17, 15) is 0 Å². The molecule has 0 saturated carbocycles. The lowest BCUT2D eigenvalue weighted by molar-refractivity contribution is 1.05. The van der Waals surface area contributed by atoms with E-state index in [1.165, 1.54) is 0 Å². The fourth-order valence-electron chi connectivity index (χ4n) is 1.12. The van der Waals surface area contributed by atoms with Gasteiger partial charge in [-0.05, 0) is 18.5 Å². The Morgan fingerprint density at radius 2 is 2.27 bits per heavy atom. The predicted molar refractivity (Wildman–Crippen MR) is 43.6 cm³/mol. The van der Waals surface area contributed by atoms with Gasteiger partial charge in [0.2, 0.25) is 5.28 Å². The first kappa shape index (κ1) is 6.73. The van der Waals surface area contributed by atoms with Crippen molar-refractivity contribution in [2.75, 3.05) is 0 Å². The summed E-state index contributed by atoms with van der Waals surface area (Å²) < 4.78 is 0. The molecule has 1 aromatic rings. The molecule has 1 aliphatic rings. The van der Waals surface area contributed by atoms with Crippen molar-refractivity contribution in [2.45, 2.75) is 13.3 Å². The maximum Gasteiger partial charge on any atom is 0.222 e. The topological polar surface area (TPSA) is 38.1 Å². The van der Waals surface area contributed by atoms with Crippen LogP contribution in [-0.4, -0.2) is 16.2 Å². The molecular weight excluding hydrogens is 162 g/mol. The molecule has 56 valence electrons. The second-order valence-electron chi connectivity index (χ2n) is 2.39. The van der Waals surface area contributed by atoms with Crippen LogP contribution in [0.3, 0.4) is 0 Å². The molecule has 4 heteroatoms. The third-order valence-corrected chi connectivity index (χ3v) is 1.78. The highest BCUT2D eigenvalue weighted by Crippen LogP contribution is 2.25. The molecule has 0 aliphatic carbocycles. The molecule has 11 heavy (non-hydrogen) atoms. The van der Waals surface area contributed by atoms with Crippen molar-refractivity contribution < 1.29 is 0 Å². The lowest BCUT2D eigenvalue weighted by Crippen LogP contribution is -1.92. The van der Waals surface area contributed by atoms with Crippen molar-refractivity contribution in [3.63, 3.8) is 0 Å². The quantitative estimate of drug-likeness (QED) is 0.552. The lowest BCUT2D eigenvalue weighted by atomic mass is 10.3. The summed E-state index contributed by atoms with van der Waals surface area (Å²) in [6.45, 7) is 1.88. The van der Waals surface area contributed by atoms with Gasteiger partial charge >= 0.3 is 0 Å². The standard InChI is InChI=1S/C7H6ClN3/c1-4-6-5(2-3-9-6)11-7(8)10-4/h3H,2H2,1H3. The second kappa shape index (κ2) is 2.27. The molecule has 0 saturated heterocycles. The van der Waals surface area contributed by atoms with Gasteiger partial charge in [0, 0.05) is 12.6 Å². The maximum atomic E-state index is 5.65. The van der Waals surface area contributed by atoms with E-state index in [-0.39, 0.29) is 0 Å². The Kier molecular flexibility index (Phi) is 1.39. The first-order chi connectivity index (χ1) is 5.27. The van der Waals surface area contributed by atoms with Crippen LogP contribution in [-0.2, 0) is 6.42 Å². The molecule has 2 rings (SSSR count). The molecule has 0 radical (unpaired) electrons. The fourth-order valence-corrected chi connectivity index (χ4v) is 1.35. The Morgan fingerprint density at radius 3 is 3.09 bits per heavy atom. The number of halogens is 1. The highest BCUT2D eigenvalue weighted by atomic mass is 35.5. The van der Waals surface area contributed by atoms with E-state index in [0.29, 0.717) is 5.28 Å². The number of hydrogen-bond donors (Lipinski definition) is 0. The van der Waals surface area contributed by atoms with E-state index in [2.05, 4.69) is 15.0 Å². The van der Waals surface area contributed by atoms with Crippen LogP contribution < -0.4 is 0 Å². The molecule has 0 fully saturated rings. The molecule has 0 unspecified atom stereocenters. The molecule has 0 atom stereocenters. The van der Waals surface area contributed by atoms with E-state index < -0.39 is 0 Å². The van der Waals surface area contributed by atoms with Crippen LogP contribution in [0.5, 0.6) is 0 Å². The minimum absolute atomic E-state index is 0.312. The van der Waals surface area contributed by atoms with E-state index in [1.54, 1.807) is 0 Å². The summed E-state index contributed by atoms with van der Waals surface area (Å²) in [7, 11) is 0. The van der Waals surface area contributed by atoms with Crippen LogP contribution in [0.15, 0.2) is 4.99 Å². The van der Waals surface area contributed by atoms with Crippen LogP contribution in [0.1, 0.15) is 11.4 Å². The second-order valence-corrected chi connectivity index (χ2v) is 2.73. The normalized spacial score (nSPS) is 13.6. The highest BCUT2D eigenvalue weighted by molar-refractivity contribution is 6.28. The van der Waals surface area contributed by atoms with E-state index in [1.807, 2.05) is 13.1 Å². The number of nitrogens with zero attached hydrogens (tertiary/aromatic N) is 3. The van der Waals surface area contributed by atoms with E-state index in [4.69, 9.17) is 11.6 Å². The van der Waals surface area contributed by atoms with E-state index >= 15 is 0 Å². The van der Waals surface area contributed by atoms with Crippen LogP contribution in [0.25, 0.3) is 0 Å². The highest BCUT2D eigenvalue weighted by Gasteiger charge is 2.12. The molecule has 0 N–H and O–H groups in total. The zero-order chi connectivity index (χ0) is 7.84. The Morgan fingerprint density at radius 1 is 1.45 bits per heavy atom. The number of rotatable bonds is 0. The zero-order valence-electron chi connectivity index (χ0n) is 6.00. The molecule has 1 aliphatic heterocycles. The summed E-state index contributed by atoms with van der Waals surface area (Å²) in [6.07, 6.45) is 2.60. The van der Waals surface area contributed by atoms with Gasteiger partial charge in [-0.15, -0.1) is 0 Å². The number of aromatic nitrogens is 2. The maximum absolute atomic E-state index is 5.65. The molecule has 1 aromatic heterocycles. The average Bonchev–Trinajstić information content (AvgIpc) is 2.34. The molecule has 0 spiro atoms. The number of aryl methyl sites for hydroxylation is 1. The van der Waals surface area contributed by atoms with Crippen molar-refractivity contribution in [2.24, 2.45) is 4.99 Å². The SMILES string of the molecule is Cc1nc(Cl)nc2c1N=CC2. The van der Waals surface area contributed by atoms with Gasteiger partial charge in [0.15, 0.2) is 0 Å². The smallest absolute Gasteiger partial charge is 0.222 e. The van der Waals surface area contributed by atoms with Crippen LogP contribution in [0.4, 0.5) is 5.69 Å². The van der Waals surface area contributed by atoms with Crippen molar-refractivity contribution >= 4 is 23.5 Å². The fraction of sp³-hybridized carbons (Fsp3) is 0.286. The van der Waals surface area contributed by atoms with Gasteiger partial charge in [0.05, 0.1) is 11.4 Å². The van der Waals surface area contributed by atoms with Crippen molar-refractivity contribution in [3.05, 3.63) is 16.7 Å². The van der Waals surface area contributed by atoms with Gasteiger partial charge in [0.1, 0.15) is 5.69 Å². The summed E-state index contributed by atoms with van der Waals surface area (Å²) in [6, 6.07) is 0. The minimum atomic E-state index is 0.312. The summed E-state index contributed by atoms with van der Waals surface area (Å²) in [5, 5.41) is 0.312. The van der Waals surface area contributed by atoms with Gasteiger partial charge in [-0.2, -0.15) is 0 Å². The third-order valence-electron chi connectivity index (χ3n) is 1.61. The summed E-state index contributed by atoms with van der Waals surface area (Å²) in [5.74, 6) is 0. The monoisotopic (exact) mass is 167 g/mol. The Balaban J connectivity index is 2.67. The van der Waals surface area contributed by atoms with Crippen molar-refractivity contribution in [3.8, 4) is 0 Å².